The van der Waals surface area contributed by atoms with Gasteiger partial charge in [0.1, 0.15) is 0 Å². The molecule has 50 heavy (non-hydrogen) atoms. The largest absolute Gasteiger partial charge is 0.310 e. The van der Waals surface area contributed by atoms with Gasteiger partial charge in [-0.15, -0.1) is 0 Å². The summed E-state index contributed by atoms with van der Waals surface area (Å²) in [7, 11) is 0. The Morgan fingerprint density at radius 1 is 0.340 bits per heavy atom. The molecule has 0 saturated carbocycles. The minimum Gasteiger partial charge on any atom is -0.310 e. The van der Waals surface area contributed by atoms with Crippen LogP contribution in [0.5, 0.6) is 0 Å². The first-order valence-corrected chi connectivity index (χ1v) is 17.5. The smallest absolute Gasteiger partial charge is 0.0540 e. The van der Waals surface area contributed by atoms with Crippen molar-refractivity contribution in [1.29, 1.82) is 0 Å². The van der Waals surface area contributed by atoms with Crippen LogP contribution in [0.1, 0.15) is 25.0 Å². The Morgan fingerprint density at radius 3 is 1.72 bits per heavy atom. The highest BCUT2D eigenvalue weighted by Crippen LogP contribution is 2.51. The standard InChI is InChI=1S/C49H35N/c1-49(2)46-20-9-7-17-43(46)45-31-36(25-29-47(45)49)50(48-21-10-8-18-44(48)40-19-11-14-32-12-3-5-15-37(32)40)35-24-28-39-34(30-35)23-27-41-38-16-6-4-13-33(38)22-26-42(39)41/h3-31H,1-2H3. The lowest BCUT2D eigenvalue weighted by molar-refractivity contribution is 0.660. The molecule has 0 fully saturated rings. The molecular weight excluding hydrogens is 603 g/mol. The second-order valence-electron chi connectivity index (χ2n) is 14.1. The normalized spacial score (nSPS) is 13.2. The lowest BCUT2D eigenvalue weighted by Gasteiger charge is -2.29. The van der Waals surface area contributed by atoms with Gasteiger partial charge >= 0.3 is 0 Å². The van der Waals surface area contributed by atoms with Crippen LogP contribution in [0.25, 0.3) is 65.3 Å². The molecule has 0 bridgehead atoms. The summed E-state index contributed by atoms with van der Waals surface area (Å²) in [4.78, 5) is 2.47. The van der Waals surface area contributed by atoms with E-state index in [1.165, 1.54) is 76.5 Å². The first kappa shape index (κ1) is 28.8. The average molecular weight is 638 g/mol. The van der Waals surface area contributed by atoms with Gasteiger partial charge in [-0.25, -0.2) is 0 Å². The molecule has 0 heterocycles. The van der Waals surface area contributed by atoms with Crippen LogP contribution in [0.4, 0.5) is 17.1 Å². The SMILES string of the molecule is CC1(C)c2ccccc2-c2cc(N(c3ccc4c(ccc5c6ccccc6ccc45)c3)c3ccccc3-c3cccc4ccccc34)ccc21. The molecule has 236 valence electrons. The van der Waals surface area contributed by atoms with E-state index in [9.17, 15) is 0 Å². The zero-order chi connectivity index (χ0) is 33.4. The van der Waals surface area contributed by atoms with E-state index >= 15 is 0 Å². The molecule has 0 unspecified atom stereocenters. The van der Waals surface area contributed by atoms with Crippen LogP contribution in [0.15, 0.2) is 176 Å². The molecule has 0 amide bonds. The fraction of sp³-hybridized carbons (Fsp3) is 0.0612. The quantitative estimate of drug-likeness (QED) is 0.174. The van der Waals surface area contributed by atoms with Gasteiger partial charge in [0.25, 0.3) is 0 Å². The molecule has 0 N–H and O–H groups in total. The van der Waals surface area contributed by atoms with Crippen molar-refractivity contribution in [3.05, 3.63) is 187 Å². The summed E-state index contributed by atoms with van der Waals surface area (Å²) in [5.41, 5.74) is 11.2. The van der Waals surface area contributed by atoms with Crippen LogP contribution < -0.4 is 4.90 Å². The summed E-state index contributed by atoms with van der Waals surface area (Å²) in [6.45, 7) is 4.70. The van der Waals surface area contributed by atoms with Crippen molar-refractivity contribution in [2.45, 2.75) is 19.3 Å². The molecule has 0 aliphatic heterocycles. The average Bonchev–Trinajstić information content (AvgIpc) is 3.40. The Bertz CT molecular complexity index is 2800. The predicted octanol–water partition coefficient (Wildman–Crippen LogP) is 13.7. The summed E-state index contributed by atoms with van der Waals surface area (Å²) in [6, 6.07) is 65.1. The Kier molecular flexibility index (Phi) is 6.29. The van der Waals surface area contributed by atoms with Gasteiger partial charge in [0.15, 0.2) is 0 Å². The fourth-order valence-electron chi connectivity index (χ4n) is 8.59. The molecule has 0 saturated heterocycles. The molecule has 1 aliphatic rings. The molecule has 0 atom stereocenters. The molecule has 1 aliphatic carbocycles. The highest BCUT2D eigenvalue weighted by molar-refractivity contribution is 6.17. The third kappa shape index (κ3) is 4.27. The second-order valence-corrected chi connectivity index (χ2v) is 14.1. The number of para-hydroxylation sites is 1. The Labute approximate surface area is 292 Å². The van der Waals surface area contributed by atoms with E-state index in [1.807, 2.05) is 0 Å². The number of hydrogen-bond acceptors (Lipinski definition) is 1. The molecular formula is C49H35N. The lowest BCUT2D eigenvalue weighted by atomic mass is 9.82. The van der Waals surface area contributed by atoms with Crippen LogP contribution in [0.2, 0.25) is 0 Å². The van der Waals surface area contributed by atoms with Crippen molar-refractivity contribution in [3.8, 4) is 22.3 Å². The van der Waals surface area contributed by atoms with Crippen LogP contribution in [0.3, 0.4) is 0 Å². The Balaban J connectivity index is 1.22. The minimum absolute atomic E-state index is 0.0513. The van der Waals surface area contributed by atoms with Gasteiger partial charge in [0.2, 0.25) is 0 Å². The van der Waals surface area contributed by atoms with Gasteiger partial charge < -0.3 is 4.90 Å². The fourth-order valence-corrected chi connectivity index (χ4v) is 8.59. The molecule has 0 spiro atoms. The summed E-state index contributed by atoms with van der Waals surface area (Å²) in [6.07, 6.45) is 0. The molecule has 0 radical (unpaired) electrons. The lowest BCUT2D eigenvalue weighted by Crippen LogP contribution is -2.15. The topological polar surface area (TPSA) is 3.24 Å². The van der Waals surface area contributed by atoms with E-state index in [1.54, 1.807) is 0 Å². The number of nitrogens with zero attached hydrogens (tertiary/aromatic N) is 1. The van der Waals surface area contributed by atoms with E-state index < -0.39 is 0 Å². The molecule has 9 aromatic rings. The number of hydrogen-bond donors (Lipinski definition) is 0. The number of benzene rings is 9. The highest BCUT2D eigenvalue weighted by atomic mass is 15.1. The molecule has 10 rings (SSSR count). The van der Waals surface area contributed by atoms with Crippen molar-refractivity contribution in [1.82, 2.24) is 0 Å². The number of rotatable bonds is 4. The molecule has 9 aromatic carbocycles. The number of fused-ring (bicyclic) bond motifs is 9. The van der Waals surface area contributed by atoms with Crippen molar-refractivity contribution in [2.75, 3.05) is 4.90 Å². The van der Waals surface area contributed by atoms with Crippen molar-refractivity contribution in [3.63, 3.8) is 0 Å². The molecule has 1 heteroatoms. The van der Waals surface area contributed by atoms with Crippen LogP contribution in [-0.2, 0) is 5.41 Å². The Hall–Kier alpha value is -6.18. The van der Waals surface area contributed by atoms with Gasteiger partial charge in [-0.1, -0.05) is 159 Å². The van der Waals surface area contributed by atoms with Crippen molar-refractivity contribution < 1.29 is 0 Å². The van der Waals surface area contributed by atoms with Gasteiger partial charge in [-0.2, -0.15) is 0 Å². The third-order valence-corrected chi connectivity index (χ3v) is 11.0. The maximum absolute atomic E-state index is 2.47. The van der Waals surface area contributed by atoms with Crippen molar-refractivity contribution in [2.24, 2.45) is 0 Å². The van der Waals surface area contributed by atoms with E-state index in [0.29, 0.717) is 0 Å². The minimum atomic E-state index is -0.0513. The van der Waals surface area contributed by atoms with E-state index in [2.05, 4.69) is 195 Å². The van der Waals surface area contributed by atoms with Gasteiger partial charge in [0, 0.05) is 22.4 Å². The first-order chi connectivity index (χ1) is 24.6. The monoisotopic (exact) mass is 637 g/mol. The molecule has 1 nitrogen and oxygen atoms in total. The van der Waals surface area contributed by atoms with Gasteiger partial charge in [-0.05, 0) is 101 Å². The van der Waals surface area contributed by atoms with Gasteiger partial charge in [-0.3, -0.25) is 0 Å². The number of anilines is 3. The van der Waals surface area contributed by atoms with Crippen LogP contribution >= 0.6 is 0 Å². The second kappa shape index (κ2) is 10.9. The zero-order valence-corrected chi connectivity index (χ0v) is 28.2. The zero-order valence-electron chi connectivity index (χ0n) is 28.2. The predicted molar refractivity (Wildman–Crippen MR) is 214 cm³/mol. The van der Waals surface area contributed by atoms with Crippen molar-refractivity contribution >= 4 is 60.2 Å². The van der Waals surface area contributed by atoms with E-state index in [0.717, 1.165) is 17.1 Å². The maximum Gasteiger partial charge on any atom is 0.0540 e. The molecule has 0 aromatic heterocycles. The summed E-state index contributed by atoms with van der Waals surface area (Å²) >= 11 is 0. The first-order valence-electron chi connectivity index (χ1n) is 17.5. The summed E-state index contributed by atoms with van der Waals surface area (Å²) in [5.74, 6) is 0. The summed E-state index contributed by atoms with van der Waals surface area (Å²) < 4.78 is 0. The maximum atomic E-state index is 2.47. The van der Waals surface area contributed by atoms with Gasteiger partial charge in [0.05, 0.1) is 5.69 Å². The summed E-state index contributed by atoms with van der Waals surface area (Å²) in [5, 5.41) is 10.1. The Morgan fingerprint density at radius 2 is 0.880 bits per heavy atom. The van der Waals surface area contributed by atoms with Crippen LogP contribution in [-0.4, -0.2) is 0 Å². The van der Waals surface area contributed by atoms with E-state index in [4.69, 9.17) is 0 Å². The third-order valence-electron chi connectivity index (χ3n) is 11.0. The van der Waals surface area contributed by atoms with E-state index in [-0.39, 0.29) is 5.41 Å². The highest BCUT2D eigenvalue weighted by Gasteiger charge is 2.35. The van der Waals surface area contributed by atoms with Crippen LogP contribution in [0, 0.1) is 0 Å².